The van der Waals surface area contributed by atoms with Gasteiger partial charge in [0.05, 0.1) is 17.2 Å². The van der Waals surface area contributed by atoms with E-state index in [0.29, 0.717) is 18.3 Å². The average molecular weight is 266 g/mol. The van der Waals surface area contributed by atoms with E-state index in [9.17, 15) is 10.1 Å². The Bertz CT molecular complexity index is 462. The summed E-state index contributed by atoms with van der Waals surface area (Å²) in [6.45, 7) is 0.487. The lowest BCUT2D eigenvalue weighted by Crippen LogP contribution is -2.42. The molecular weight excluding hydrogens is 248 g/mol. The second-order valence-corrected chi connectivity index (χ2v) is 4.64. The molecule has 0 spiro atoms. The minimum absolute atomic E-state index is 0.00675. The van der Waals surface area contributed by atoms with Crippen molar-refractivity contribution in [2.45, 2.75) is 25.3 Å². The van der Waals surface area contributed by atoms with Gasteiger partial charge in [-0.2, -0.15) is 0 Å². The fraction of sp³-hybridized carbons (Fsp3) is 0.500. The molecule has 0 heterocycles. The van der Waals surface area contributed by atoms with Crippen molar-refractivity contribution in [3.8, 4) is 0 Å². The quantitative estimate of drug-likeness (QED) is 0.406. The molecule has 1 fully saturated rings. The van der Waals surface area contributed by atoms with Gasteiger partial charge in [0.15, 0.2) is 0 Å². The smallest absolute Gasteiger partial charge is 0.273 e. The zero-order valence-electron chi connectivity index (χ0n) is 10.6. The Labute approximate surface area is 111 Å². The Kier molecular flexibility index (Phi) is 4.18. The Morgan fingerprint density at radius 3 is 2.68 bits per heavy atom. The van der Waals surface area contributed by atoms with E-state index in [1.54, 1.807) is 6.07 Å². The average Bonchev–Trinajstić information content (AvgIpc) is 2.35. The molecule has 4 N–H and O–H groups in total. The standard InChI is InChI=1S/C12H18N4O3/c13-14-9-6-11(8-12(7-9)16(18)19)15(4-5-17)10-2-1-3-10/h6-8,10,14,17H,1-5,13H2. The Balaban J connectivity index is 2.34. The van der Waals surface area contributed by atoms with Crippen LogP contribution in [0.3, 0.4) is 0 Å². The van der Waals surface area contributed by atoms with E-state index in [1.807, 2.05) is 4.90 Å². The number of nitrogens with zero attached hydrogens (tertiary/aromatic N) is 2. The predicted molar refractivity (Wildman–Crippen MR) is 73.0 cm³/mol. The highest BCUT2D eigenvalue weighted by atomic mass is 16.6. The number of hydrogen-bond acceptors (Lipinski definition) is 6. The minimum atomic E-state index is -0.442. The number of rotatable bonds is 6. The monoisotopic (exact) mass is 266 g/mol. The van der Waals surface area contributed by atoms with Crippen molar-refractivity contribution >= 4 is 17.1 Å². The van der Waals surface area contributed by atoms with Crippen molar-refractivity contribution in [3.63, 3.8) is 0 Å². The fourth-order valence-electron chi connectivity index (χ4n) is 2.28. The minimum Gasteiger partial charge on any atom is -0.395 e. The summed E-state index contributed by atoms with van der Waals surface area (Å²) in [6, 6.07) is 5.02. The number of hydrazine groups is 1. The molecule has 7 heteroatoms. The van der Waals surface area contributed by atoms with E-state index in [2.05, 4.69) is 5.43 Å². The van der Waals surface area contributed by atoms with E-state index in [1.165, 1.54) is 12.1 Å². The van der Waals surface area contributed by atoms with Gasteiger partial charge < -0.3 is 15.4 Å². The third-order valence-corrected chi connectivity index (χ3v) is 3.47. The van der Waals surface area contributed by atoms with Gasteiger partial charge in [-0.15, -0.1) is 0 Å². The van der Waals surface area contributed by atoms with Crippen LogP contribution in [0.4, 0.5) is 17.1 Å². The van der Waals surface area contributed by atoms with E-state index >= 15 is 0 Å². The largest absolute Gasteiger partial charge is 0.395 e. The molecule has 19 heavy (non-hydrogen) atoms. The normalized spacial score (nSPS) is 14.8. The first kappa shape index (κ1) is 13.6. The molecule has 0 saturated heterocycles. The van der Waals surface area contributed by atoms with Crippen LogP contribution in [0.2, 0.25) is 0 Å². The van der Waals surface area contributed by atoms with Crippen LogP contribution in [0.25, 0.3) is 0 Å². The lowest BCUT2D eigenvalue weighted by atomic mass is 9.91. The predicted octanol–water partition coefficient (Wildman–Crippen LogP) is 1.23. The molecule has 7 nitrogen and oxygen atoms in total. The molecule has 0 aliphatic heterocycles. The molecule has 1 saturated carbocycles. The zero-order valence-corrected chi connectivity index (χ0v) is 10.6. The van der Waals surface area contributed by atoms with Crippen molar-refractivity contribution in [1.29, 1.82) is 0 Å². The summed E-state index contributed by atoms with van der Waals surface area (Å²) in [4.78, 5) is 12.5. The Hall–Kier alpha value is -1.86. The number of hydrogen-bond donors (Lipinski definition) is 3. The van der Waals surface area contributed by atoms with Gasteiger partial charge in [-0.05, 0) is 25.3 Å². The van der Waals surface area contributed by atoms with E-state index in [-0.39, 0.29) is 12.3 Å². The van der Waals surface area contributed by atoms with Gasteiger partial charge in [-0.3, -0.25) is 16.0 Å². The van der Waals surface area contributed by atoms with Crippen LogP contribution >= 0.6 is 0 Å². The summed E-state index contributed by atoms with van der Waals surface area (Å²) in [6.07, 6.45) is 3.26. The lowest BCUT2D eigenvalue weighted by Gasteiger charge is -2.39. The molecular formula is C12H18N4O3. The van der Waals surface area contributed by atoms with E-state index in [4.69, 9.17) is 10.9 Å². The number of nitrogens with one attached hydrogen (secondary N) is 1. The van der Waals surface area contributed by atoms with Crippen LogP contribution < -0.4 is 16.2 Å². The number of benzene rings is 1. The van der Waals surface area contributed by atoms with Gasteiger partial charge >= 0.3 is 0 Å². The van der Waals surface area contributed by atoms with Crippen molar-refractivity contribution in [3.05, 3.63) is 28.3 Å². The van der Waals surface area contributed by atoms with E-state index in [0.717, 1.165) is 24.9 Å². The number of nitro groups is 1. The zero-order chi connectivity index (χ0) is 13.8. The maximum Gasteiger partial charge on any atom is 0.273 e. The van der Waals surface area contributed by atoms with Crippen molar-refractivity contribution in [2.75, 3.05) is 23.5 Å². The van der Waals surface area contributed by atoms with Crippen LogP contribution in [-0.2, 0) is 0 Å². The maximum absolute atomic E-state index is 10.9. The molecule has 0 aromatic heterocycles. The number of anilines is 2. The van der Waals surface area contributed by atoms with Crippen molar-refractivity contribution in [2.24, 2.45) is 5.84 Å². The number of nitro benzene ring substituents is 1. The van der Waals surface area contributed by atoms with Crippen LogP contribution in [0.5, 0.6) is 0 Å². The molecule has 0 radical (unpaired) electrons. The Morgan fingerprint density at radius 2 is 2.21 bits per heavy atom. The number of non-ortho nitro benzene ring substituents is 1. The van der Waals surface area contributed by atoms with Gasteiger partial charge in [0.1, 0.15) is 0 Å². The molecule has 1 aliphatic rings. The summed E-state index contributed by atoms with van der Waals surface area (Å²) >= 11 is 0. The fourth-order valence-corrected chi connectivity index (χ4v) is 2.28. The number of nitrogen functional groups attached to an aromatic ring is 1. The summed E-state index contributed by atoms with van der Waals surface area (Å²) in [5.74, 6) is 5.34. The summed E-state index contributed by atoms with van der Waals surface area (Å²) < 4.78 is 0. The molecule has 2 rings (SSSR count). The van der Waals surface area contributed by atoms with Crippen molar-refractivity contribution in [1.82, 2.24) is 0 Å². The highest BCUT2D eigenvalue weighted by molar-refractivity contribution is 5.64. The molecule has 0 atom stereocenters. The van der Waals surface area contributed by atoms with Gasteiger partial charge in [0.25, 0.3) is 5.69 Å². The first-order valence-electron chi connectivity index (χ1n) is 6.29. The maximum atomic E-state index is 10.9. The molecule has 0 bridgehead atoms. The highest BCUT2D eigenvalue weighted by Gasteiger charge is 2.26. The first-order chi connectivity index (χ1) is 9.15. The second kappa shape index (κ2) is 5.85. The number of aliphatic hydroxyl groups excluding tert-OH is 1. The highest BCUT2D eigenvalue weighted by Crippen LogP contribution is 2.33. The number of nitrogens with two attached hydrogens (primary N) is 1. The topological polar surface area (TPSA) is 105 Å². The summed E-state index contributed by atoms with van der Waals surface area (Å²) in [5.41, 5.74) is 3.65. The molecule has 0 unspecified atom stereocenters. The molecule has 1 aromatic carbocycles. The van der Waals surface area contributed by atoms with Gasteiger partial charge in [-0.1, -0.05) is 0 Å². The van der Waals surface area contributed by atoms with Crippen LogP contribution in [-0.4, -0.2) is 29.2 Å². The van der Waals surface area contributed by atoms with Gasteiger partial charge in [0.2, 0.25) is 0 Å². The molecule has 104 valence electrons. The third kappa shape index (κ3) is 2.94. The first-order valence-corrected chi connectivity index (χ1v) is 6.29. The van der Waals surface area contributed by atoms with Gasteiger partial charge in [0, 0.05) is 30.4 Å². The molecule has 1 aliphatic carbocycles. The number of aliphatic hydroxyl groups is 1. The van der Waals surface area contributed by atoms with Crippen molar-refractivity contribution < 1.29 is 10.0 Å². The van der Waals surface area contributed by atoms with E-state index < -0.39 is 4.92 Å². The SMILES string of the molecule is NNc1cc(N(CCO)C2CCC2)cc([N+](=O)[O-])c1. The summed E-state index contributed by atoms with van der Waals surface area (Å²) in [7, 11) is 0. The van der Waals surface area contributed by atoms with Gasteiger partial charge in [-0.25, -0.2) is 0 Å². The lowest BCUT2D eigenvalue weighted by molar-refractivity contribution is -0.384. The van der Waals surface area contributed by atoms with Crippen LogP contribution in [0.15, 0.2) is 18.2 Å². The van der Waals surface area contributed by atoms with Crippen LogP contribution in [0, 0.1) is 10.1 Å². The molecule has 0 amide bonds. The van der Waals surface area contributed by atoms with Crippen LogP contribution in [0.1, 0.15) is 19.3 Å². The summed E-state index contributed by atoms with van der Waals surface area (Å²) in [5, 5.41) is 20.1. The molecule has 1 aromatic rings. The second-order valence-electron chi connectivity index (χ2n) is 4.64. The third-order valence-electron chi connectivity index (χ3n) is 3.47. The Morgan fingerprint density at radius 1 is 1.47 bits per heavy atom.